The molecule has 1 heterocycles. The van der Waals surface area contributed by atoms with E-state index in [2.05, 4.69) is 50.5 Å². The second-order valence-electron chi connectivity index (χ2n) is 6.56. The van der Waals surface area contributed by atoms with Gasteiger partial charge in [0.15, 0.2) is 0 Å². The lowest BCUT2D eigenvalue weighted by Gasteiger charge is -2.34. The lowest BCUT2D eigenvalue weighted by molar-refractivity contribution is -0.123. The predicted octanol–water partition coefficient (Wildman–Crippen LogP) is 3.04. The SMILES string of the molecule is C[C@@H]1[C@H](C)CCC[C@@H]1NC(=O)Cn1nnc(-c2ccccc2Br)n1. The fourth-order valence-electron chi connectivity index (χ4n) is 3.23. The van der Waals surface area contributed by atoms with Crippen molar-refractivity contribution in [3.05, 3.63) is 28.7 Å². The van der Waals surface area contributed by atoms with Crippen LogP contribution in [0.5, 0.6) is 0 Å². The maximum Gasteiger partial charge on any atom is 0.243 e. The highest BCUT2D eigenvalue weighted by Crippen LogP contribution is 2.29. The first-order valence-electron chi connectivity index (χ1n) is 8.36. The smallest absolute Gasteiger partial charge is 0.243 e. The quantitative estimate of drug-likeness (QED) is 0.868. The molecule has 0 spiro atoms. The number of carbonyl (C=O) groups excluding carboxylic acids is 1. The van der Waals surface area contributed by atoms with Crippen LogP contribution in [0.15, 0.2) is 28.7 Å². The number of tetrazole rings is 1. The van der Waals surface area contributed by atoms with E-state index in [1.54, 1.807) is 0 Å². The molecule has 2 aromatic rings. The molecule has 0 bridgehead atoms. The van der Waals surface area contributed by atoms with Crippen molar-refractivity contribution in [1.29, 1.82) is 0 Å². The Kier molecular flexibility index (Phi) is 5.28. The summed E-state index contributed by atoms with van der Waals surface area (Å²) in [5, 5.41) is 15.5. The number of rotatable bonds is 4. The number of halogens is 1. The zero-order valence-electron chi connectivity index (χ0n) is 13.9. The summed E-state index contributed by atoms with van der Waals surface area (Å²) in [6.07, 6.45) is 3.46. The molecule has 1 amide bonds. The Morgan fingerprint density at radius 3 is 2.92 bits per heavy atom. The molecule has 0 aliphatic heterocycles. The van der Waals surface area contributed by atoms with E-state index < -0.39 is 0 Å². The van der Waals surface area contributed by atoms with Crippen molar-refractivity contribution < 1.29 is 4.79 Å². The lowest BCUT2D eigenvalue weighted by Crippen LogP contribution is -2.45. The Balaban J connectivity index is 1.62. The van der Waals surface area contributed by atoms with Crippen molar-refractivity contribution >= 4 is 21.8 Å². The summed E-state index contributed by atoms with van der Waals surface area (Å²) >= 11 is 3.47. The average Bonchev–Trinajstić information content (AvgIpc) is 3.00. The molecular weight excluding hydrogens is 370 g/mol. The Bertz CT molecular complexity index is 717. The third-order valence-electron chi connectivity index (χ3n) is 4.91. The molecule has 24 heavy (non-hydrogen) atoms. The van der Waals surface area contributed by atoms with E-state index in [0.29, 0.717) is 17.7 Å². The molecule has 3 atom stereocenters. The van der Waals surface area contributed by atoms with Gasteiger partial charge in [-0.15, -0.1) is 10.2 Å². The van der Waals surface area contributed by atoms with Gasteiger partial charge in [-0.1, -0.05) is 54.8 Å². The number of nitrogens with zero attached hydrogens (tertiary/aromatic N) is 4. The van der Waals surface area contributed by atoms with Crippen molar-refractivity contribution in [1.82, 2.24) is 25.5 Å². The van der Waals surface area contributed by atoms with Gasteiger partial charge in [-0.05, 0) is 35.6 Å². The highest BCUT2D eigenvalue weighted by atomic mass is 79.9. The minimum absolute atomic E-state index is 0.0583. The molecule has 1 aliphatic rings. The third-order valence-corrected chi connectivity index (χ3v) is 5.60. The zero-order valence-corrected chi connectivity index (χ0v) is 15.5. The van der Waals surface area contributed by atoms with Gasteiger partial charge >= 0.3 is 0 Å². The number of benzene rings is 1. The summed E-state index contributed by atoms with van der Waals surface area (Å²) < 4.78 is 0.902. The molecule has 1 aliphatic carbocycles. The topological polar surface area (TPSA) is 72.7 Å². The summed E-state index contributed by atoms with van der Waals surface area (Å²) in [6, 6.07) is 7.93. The maximum absolute atomic E-state index is 12.3. The molecule has 0 radical (unpaired) electrons. The van der Waals surface area contributed by atoms with E-state index in [1.165, 1.54) is 17.6 Å². The molecule has 6 nitrogen and oxygen atoms in total. The zero-order chi connectivity index (χ0) is 17.1. The van der Waals surface area contributed by atoms with E-state index >= 15 is 0 Å². The summed E-state index contributed by atoms with van der Waals surface area (Å²) in [5.74, 6) is 1.60. The average molecular weight is 392 g/mol. The van der Waals surface area contributed by atoms with Crippen LogP contribution in [0.2, 0.25) is 0 Å². The Labute approximate surface area is 150 Å². The normalized spacial score (nSPS) is 23.9. The van der Waals surface area contributed by atoms with Crippen LogP contribution in [0, 0.1) is 11.8 Å². The Hall–Kier alpha value is -1.76. The van der Waals surface area contributed by atoms with Gasteiger partial charge in [-0.2, -0.15) is 4.80 Å². The van der Waals surface area contributed by atoms with Gasteiger partial charge in [0.25, 0.3) is 0 Å². The van der Waals surface area contributed by atoms with E-state index in [9.17, 15) is 4.79 Å². The van der Waals surface area contributed by atoms with E-state index in [4.69, 9.17) is 0 Å². The number of hydrogen-bond donors (Lipinski definition) is 1. The fourth-order valence-corrected chi connectivity index (χ4v) is 3.69. The number of amides is 1. The fraction of sp³-hybridized carbons (Fsp3) is 0.529. The molecule has 1 fully saturated rings. The standard InChI is InChI=1S/C17H22BrN5O/c1-11-6-5-9-15(12(11)2)19-16(24)10-23-21-17(20-22-23)13-7-3-4-8-14(13)18/h3-4,7-8,11-12,15H,5-6,9-10H2,1-2H3,(H,19,24)/t11-,12-,15+/m1/s1. The summed E-state index contributed by atoms with van der Waals surface area (Å²) in [7, 11) is 0. The monoisotopic (exact) mass is 391 g/mol. The number of aromatic nitrogens is 4. The molecule has 0 unspecified atom stereocenters. The van der Waals surface area contributed by atoms with Crippen LogP contribution in [0.4, 0.5) is 0 Å². The Morgan fingerprint density at radius 1 is 1.33 bits per heavy atom. The predicted molar refractivity (Wildman–Crippen MR) is 95.1 cm³/mol. The van der Waals surface area contributed by atoms with Crippen LogP contribution in [-0.4, -0.2) is 32.2 Å². The van der Waals surface area contributed by atoms with Gasteiger partial charge in [0.1, 0.15) is 6.54 Å². The molecule has 0 saturated heterocycles. The van der Waals surface area contributed by atoms with Gasteiger partial charge in [-0.25, -0.2) is 0 Å². The van der Waals surface area contributed by atoms with Gasteiger partial charge in [0.2, 0.25) is 11.7 Å². The van der Waals surface area contributed by atoms with Crippen molar-refractivity contribution in [3.63, 3.8) is 0 Å². The molecule has 1 saturated carbocycles. The minimum Gasteiger partial charge on any atom is -0.351 e. The molecule has 1 N–H and O–H groups in total. The largest absolute Gasteiger partial charge is 0.351 e. The van der Waals surface area contributed by atoms with Crippen LogP contribution in [-0.2, 0) is 11.3 Å². The highest BCUT2D eigenvalue weighted by molar-refractivity contribution is 9.10. The second kappa shape index (κ2) is 7.42. The van der Waals surface area contributed by atoms with Crippen LogP contribution < -0.4 is 5.32 Å². The van der Waals surface area contributed by atoms with Gasteiger partial charge < -0.3 is 5.32 Å². The summed E-state index contributed by atoms with van der Waals surface area (Å²) in [6.45, 7) is 4.56. The Morgan fingerprint density at radius 2 is 2.12 bits per heavy atom. The number of hydrogen-bond acceptors (Lipinski definition) is 4. The van der Waals surface area contributed by atoms with Crippen LogP contribution >= 0.6 is 15.9 Å². The summed E-state index contributed by atoms with van der Waals surface area (Å²) in [4.78, 5) is 13.6. The molecule has 3 rings (SSSR count). The molecule has 128 valence electrons. The van der Waals surface area contributed by atoms with Crippen molar-refractivity contribution in [2.45, 2.75) is 45.7 Å². The van der Waals surface area contributed by atoms with Crippen LogP contribution in [0.1, 0.15) is 33.1 Å². The number of carbonyl (C=O) groups is 1. The van der Waals surface area contributed by atoms with Crippen molar-refractivity contribution in [2.24, 2.45) is 11.8 Å². The first-order valence-corrected chi connectivity index (χ1v) is 9.16. The van der Waals surface area contributed by atoms with Gasteiger partial charge in [0, 0.05) is 16.1 Å². The second-order valence-corrected chi connectivity index (χ2v) is 7.42. The molecule has 1 aromatic carbocycles. The molecule has 1 aromatic heterocycles. The van der Waals surface area contributed by atoms with Crippen LogP contribution in [0.3, 0.4) is 0 Å². The van der Waals surface area contributed by atoms with E-state index in [1.807, 2.05) is 24.3 Å². The van der Waals surface area contributed by atoms with Crippen LogP contribution in [0.25, 0.3) is 11.4 Å². The molecule has 7 heteroatoms. The van der Waals surface area contributed by atoms with Gasteiger partial charge in [-0.3, -0.25) is 4.79 Å². The number of nitrogens with one attached hydrogen (secondary N) is 1. The first kappa shape index (κ1) is 17.1. The van der Waals surface area contributed by atoms with Crippen molar-refractivity contribution in [2.75, 3.05) is 0 Å². The van der Waals surface area contributed by atoms with Crippen molar-refractivity contribution in [3.8, 4) is 11.4 Å². The third kappa shape index (κ3) is 3.83. The lowest BCUT2D eigenvalue weighted by atomic mass is 9.78. The minimum atomic E-state index is -0.0583. The van der Waals surface area contributed by atoms with E-state index in [0.717, 1.165) is 16.5 Å². The highest BCUT2D eigenvalue weighted by Gasteiger charge is 2.28. The van der Waals surface area contributed by atoms with E-state index in [-0.39, 0.29) is 18.5 Å². The maximum atomic E-state index is 12.3. The van der Waals surface area contributed by atoms with Gasteiger partial charge in [0.05, 0.1) is 0 Å². The molecular formula is C17H22BrN5O. The summed E-state index contributed by atoms with van der Waals surface area (Å²) in [5.41, 5.74) is 0.860. The first-order chi connectivity index (χ1) is 11.5.